The van der Waals surface area contributed by atoms with Crippen LogP contribution in [0.15, 0.2) is 48.5 Å². The number of carbonyl (C=O) groups is 1. The summed E-state index contributed by atoms with van der Waals surface area (Å²) in [5.41, 5.74) is 2.45. The Morgan fingerprint density at radius 2 is 1.84 bits per heavy atom. The molecule has 0 bridgehead atoms. The molecule has 2 rings (SSSR count). The second-order valence-electron chi connectivity index (χ2n) is 5.92. The highest BCUT2D eigenvalue weighted by Crippen LogP contribution is 2.23. The number of sulfonamides is 1. The van der Waals surface area contributed by atoms with E-state index in [4.69, 9.17) is 11.6 Å². The molecule has 0 aromatic heterocycles. The second kappa shape index (κ2) is 7.89. The third kappa shape index (κ3) is 5.21. The zero-order chi connectivity index (χ0) is 18.6. The van der Waals surface area contributed by atoms with Crippen molar-refractivity contribution in [1.82, 2.24) is 5.32 Å². The smallest absolute Gasteiger partial charge is 0.243 e. The highest BCUT2D eigenvalue weighted by atomic mass is 35.5. The number of aryl methyl sites for hydroxylation is 1. The summed E-state index contributed by atoms with van der Waals surface area (Å²) in [6.07, 6.45) is 1.08. The maximum atomic E-state index is 12.5. The van der Waals surface area contributed by atoms with Crippen LogP contribution < -0.4 is 9.62 Å². The summed E-state index contributed by atoms with van der Waals surface area (Å²) >= 11 is 5.86. The molecule has 1 amide bonds. The molecular formula is C18H21ClN2O3S. The molecule has 0 spiro atoms. The molecule has 1 N–H and O–H groups in total. The number of benzene rings is 2. The summed E-state index contributed by atoms with van der Waals surface area (Å²) in [5.74, 6) is -0.373. The van der Waals surface area contributed by atoms with Crippen LogP contribution in [0.3, 0.4) is 0 Å². The van der Waals surface area contributed by atoms with Crippen LogP contribution >= 0.6 is 11.6 Å². The van der Waals surface area contributed by atoms with Crippen LogP contribution in [0.4, 0.5) is 5.69 Å². The van der Waals surface area contributed by atoms with Gasteiger partial charge in [0.15, 0.2) is 0 Å². The largest absolute Gasteiger partial charge is 0.350 e. The number of hydrogen-bond donors (Lipinski definition) is 1. The minimum atomic E-state index is -3.64. The number of rotatable bonds is 6. The van der Waals surface area contributed by atoms with E-state index in [-0.39, 0.29) is 5.91 Å². The summed E-state index contributed by atoms with van der Waals surface area (Å²) in [4.78, 5) is 12.5. The zero-order valence-corrected chi connectivity index (χ0v) is 15.9. The fraction of sp³-hybridized carbons (Fsp3) is 0.278. The van der Waals surface area contributed by atoms with Gasteiger partial charge in [0, 0.05) is 11.6 Å². The van der Waals surface area contributed by atoms with Crippen LogP contribution in [0.2, 0.25) is 5.02 Å². The summed E-state index contributed by atoms with van der Waals surface area (Å²) in [5, 5.41) is 3.28. The van der Waals surface area contributed by atoms with Gasteiger partial charge in [0.1, 0.15) is 6.04 Å². The molecule has 2 aromatic rings. The van der Waals surface area contributed by atoms with Gasteiger partial charge in [-0.2, -0.15) is 0 Å². The summed E-state index contributed by atoms with van der Waals surface area (Å²) in [6.45, 7) is 3.87. The first-order valence-electron chi connectivity index (χ1n) is 7.76. The molecule has 0 aliphatic rings. The topological polar surface area (TPSA) is 66.5 Å². The highest BCUT2D eigenvalue weighted by molar-refractivity contribution is 7.92. The Morgan fingerprint density at radius 1 is 1.20 bits per heavy atom. The van der Waals surface area contributed by atoms with Gasteiger partial charge in [0.2, 0.25) is 15.9 Å². The van der Waals surface area contributed by atoms with Crippen molar-refractivity contribution in [2.75, 3.05) is 10.6 Å². The van der Waals surface area contributed by atoms with E-state index in [1.807, 2.05) is 31.2 Å². The van der Waals surface area contributed by atoms with Crippen molar-refractivity contribution < 1.29 is 13.2 Å². The normalized spacial score (nSPS) is 12.5. The lowest BCUT2D eigenvalue weighted by atomic mass is 10.1. The van der Waals surface area contributed by atoms with E-state index in [9.17, 15) is 13.2 Å². The first-order chi connectivity index (χ1) is 11.7. The first kappa shape index (κ1) is 19.3. The molecule has 0 saturated carbocycles. The van der Waals surface area contributed by atoms with Crippen LogP contribution in [0.1, 0.15) is 18.1 Å². The summed E-state index contributed by atoms with van der Waals surface area (Å²) < 4.78 is 25.5. The van der Waals surface area contributed by atoms with Gasteiger partial charge in [0.25, 0.3) is 0 Å². The number of amides is 1. The Morgan fingerprint density at radius 3 is 2.40 bits per heavy atom. The Balaban J connectivity index is 2.17. The molecule has 0 saturated heterocycles. The average molecular weight is 381 g/mol. The molecule has 5 nitrogen and oxygen atoms in total. The summed E-state index contributed by atoms with van der Waals surface area (Å²) in [6, 6.07) is 13.2. The number of hydrogen-bond acceptors (Lipinski definition) is 3. The average Bonchev–Trinajstić information content (AvgIpc) is 2.53. The van der Waals surface area contributed by atoms with Gasteiger partial charge in [-0.3, -0.25) is 9.10 Å². The van der Waals surface area contributed by atoms with Crippen molar-refractivity contribution >= 4 is 33.2 Å². The van der Waals surface area contributed by atoms with Crippen LogP contribution in [-0.2, 0) is 21.4 Å². The standard InChI is InChI=1S/C18H21ClN2O3S/c1-13-5-4-6-15(11-13)12-20-18(22)14(2)21(25(3,23)24)17-9-7-16(19)8-10-17/h4-11,14H,12H2,1-3H3,(H,20,22)/t14-/m0/s1. The van der Waals surface area contributed by atoms with E-state index in [2.05, 4.69) is 5.32 Å². The highest BCUT2D eigenvalue weighted by Gasteiger charge is 2.28. The molecule has 1 atom stereocenters. The lowest BCUT2D eigenvalue weighted by Gasteiger charge is -2.28. The quantitative estimate of drug-likeness (QED) is 0.837. The zero-order valence-electron chi connectivity index (χ0n) is 14.4. The molecule has 0 fully saturated rings. The predicted molar refractivity (Wildman–Crippen MR) is 101 cm³/mol. The third-order valence-electron chi connectivity index (χ3n) is 3.72. The lowest BCUT2D eigenvalue weighted by molar-refractivity contribution is -0.122. The fourth-order valence-electron chi connectivity index (χ4n) is 2.56. The van der Waals surface area contributed by atoms with Crippen molar-refractivity contribution in [2.45, 2.75) is 26.4 Å². The number of anilines is 1. The number of nitrogens with zero attached hydrogens (tertiary/aromatic N) is 1. The third-order valence-corrected chi connectivity index (χ3v) is 5.21. The number of nitrogens with one attached hydrogen (secondary N) is 1. The van der Waals surface area contributed by atoms with E-state index in [0.29, 0.717) is 17.3 Å². The van der Waals surface area contributed by atoms with Crippen molar-refractivity contribution in [3.05, 3.63) is 64.7 Å². The van der Waals surface area contributed by atoms with Gasteiger partial charge in [-0.25, -0.2) is 8.42 Å². The molecule has 7 heteroatoms. The second-order valence-corrected chi connectivity index (χ2v) is 8.21. The minimum Gasteiger partial charge on any atom is -0.350 e. The van der Waals surface area contributed by atoms with Crippen molar-refractivity contribution in [2.24, 2.45) is 0 Å². The first-order valence-corrected chi connectivity index (χ1v) is 9.99. The fourth-order valence-corrected chi connectivity index (χ4v) is 3.86. The molecule has 0 unspecified atom stereocenters. The molecule has 134 valence electrons. The molecule has 25 heavy (non-hydrogen) atoms. The molecule has 0 aliphatic carbocycles. The van der Waals surface area contributed by atoms with Crippen LogP contribution in [-0.4, -0.2) is 26.6 Å². The molecule has 0 radical (unpaired) electrons. The van der Waals surface area contributed by atoms with Crippen molar-refractivity contribution in [1.29, 1.82) is 0 Å². The summed E-state index contributed by atoms with van der Waals surface area (Å²) in [7, 11) is -3.64. The monoisotopic (exact) mass is 380 g/mol. The van der Waals surface area contributed by atoms with Gasteiger partial charge < -0.3 is 5.32 Å². The molecule has 0 heterocycles. The van der Waals surface area contributed by atoms with Gasteiger partial charge in [-0.1, -0.05) is 41.4 Å². The van der Waals surface area contributed by atoms with Crippen molar-refractivity contribution in [3.63, 3.8) is 0 Å². The van der Waals surface area contributed by atoms with Crippen LogP contribution in [0, 0.1) is 6.92 Å². The maximum absolute atomic E-state index is 12.5. The van der Waals surface area contributed by atoms with Gasteiger partial charge >= 0.3 is 0 Å². The van der Waals surface area contributed by atoms with Gasteiger partial charge in [0.05, 0.1) is 11.9 Å². The lowest BCUT2D eigenvalue weighted by Crippen LogP contribution is -2.47. The van der Waals surface area contributed by atoms with Crippen LogP contribution in [0.5, 0.6) is 0 Å². The molecule has 2 aromatic carbocycles. The molecule has 0 aliphatic heterocycles. The number of carbonyl (C=O) groups excluding carboxylic acids is 1. The van der Waals surface area contributed by atoms with E-state index < -0.39 is 16.1 Å². The van der Waals surface area contributed by atoms with E-state index in [0.717, 1.165) is 21.7 Å². The van der Waals surface area contributed by atoms with Crippen LogP contribution in [0.25, 0.3) is 0 Å². The maximum Gasteiger partial charge on any atom is 0.243 e. The van der Waals surface area contributed by atoms with E-state index >= 15 is 0 Å². The Labute approximate surface area is 153 Å². The minimum absolute atomic E-state index is 0.336. The van der Waals surface area contributed by atoms with Crippen molar-refractivity contribution in [3.8, 4) is 0 Å². The van der Waals surface area contributed by atoms with E-state index in [1.54, 1.807) is 31.2 Å². The Kier molecular flexibility index (Phi) is 6.08. The van der Waals surface area contributed by atoms with Gasteiger partial charge in [-0.15, -0.1) is 0 Å². The SMILES string of the molecule is Cc1cccc(CNC(=O)[C@H](C)N(c2ccc(Cl)cc2)S(C)(=O)=O)c1. The van der Waals surface area contributed by atoms with Gasteiger partial charge in [-0.05, 0) is 43.7 Å². The van der Waals surface area contributed by atoms with E-state index in [1.165, 1.54) is 0 Å². The Bertz CT molecular complexity index is 851. The molecular weight excluding hydrogens is 360 g/mol. The number of halogens is 1. The Hall–Kier alpha value is -2.05. The predicted octanol–water partition coefficient (Wildman–Crippen LogP) is 3.12.